The van der Waals surface area contributed by atoms with Crippen molar-refractivity contribution < 1.29 is 29.0 Å². The summed E-state index contributed by atoms with van der Waals surface area (Å²) in [5.41, 5.74) is 3.05. The summed E-state index contributed by atoms with van der Waals surface area (Å²) in [6.07, 6.45) is 3.83. The molecular weight excluding hydrogens is 482 g/mol. The number of carbonyl (C=O) groups excluding carboxylic acids is 4. The minimum absolute atomic E-state index is 0.0593. The van der Waals surface area contributed by atoms with Crippen LogP contribution >= 0.6 is 0 Å². The van der Waals surface area contributed by atoms with Crippen molar-refractivity contribution in [3.63, 3.8) is 0 Å². The molecule has 6 rings (SSSR count). The van der Waals surface area contributed by atoms with Crippen molar-refractivity contribution in [3.05, 3.63) is 94.1 Å². The minimum atomic E-state index is -0.757. The van der Waals surface area contributed by atoms with E-state index in [1.807, 2.05) is 36.4 Å². The molecule has 2 aromatic carbocycles. The van der Waals surface area contributed by atoms with E-state index in [9.17, 15) is 24.3 Å². The largest absolute Gasteiger partial charge is 0.507 e. The highest BCUT2D eigenvalue weighted by atomic mass is 16.5. The molecule has 0 saturated carbocycles. The summed E-state index contributed by atoms with van der Waals surface area (Å²) in [5, 5.41) is 11.0. The molecule has 2 aromatic rings. The van der Waals surface area contributed by atoms with Crippen LogP contribution in [-0.4, -0.2) is 40.5 Å². The van der Waals surface area contributed by atoms with Crippen LogP contribution in [0.4, 0.5) is 0 Å². The number of phenols is 1. The van der Waals surface area contributed by atoms with Crippen LogP contribution in [0.2, 0.25) is 0 Å². The van der Waals surface area contributed by atoms with E-state index in [-0.39, 0.29) is 42.1 Å². The maximum absolute atomic E-state index is 13.8. The Morgan fingerprint density at radius 2 is 1.74 bits per heavy atom. The number of benzene rings is 2. The molecule has 2 amide bonds. The molecule has 4 unspecified atom stereocenters. The number of hydrogen-bond donors (Lipinski definition) is 1. The number of ketones is 2. The molecule has 0 radical (unpaired) electrons. The van der Waals surface area contributed by atoms with Gasteiger partial charge in [0.25, 0.3) is 0 Å². The Hall–Kier alpha value is -4.26. The molecule has 0 spiro atoms. The second-order valence-electron chi connectivity index (χ2n) is 10.4. The van der Waals surface area contributed by atoms with Crippen molar-refractivity contribution in [1.82, 2.24) is 4.90 Å². The molecule has 1 saturated heterocycles. The van der Waals surface area contributed by atoms with Gasteiger partial charge in [0.2, 0.25) is 11.8 Å². The third-order valence-electron chi connectivity index (χ3n) is 8.39. The first-order valence-electron chi connectivity index (χ1n) is 12.8. The van der Waals surface area contributed by atoms with Gasteiger partial charge in [0.1, 0.15) is 11.5 Å². The number of allylic oxidation sites excluding steroid dienone is 6. The Morgan fingerprint density at radius 1 is 0.974 bits per heavy atom. The fraction of sp³-hybridized carbons (Fsp3) is 0.290. The van der Waals surface area contributed by atoms with Crippen LogP contribution in [0, 0.1) is 17.8 Å². The first kappa shape index (κ1) is 24.1. The third-order valence-corrected chi connectivity index (χ3v) is 8.39. The number of hydrogen-bond acceptors (Lipinski definition) is 6. The van der Waals surface area contributed by atoms with Gasteiger partial charge in [0.15, 0.2) is 11.6 Å². The quantitative estimate of drug-likeness (QED) is 0.380. The van der Waals surface area contributed by atoms with Gasteiger partial charge in [-0.1, -0.05) is 48.0 Å². The number of rotatable bonds is 4. The summed E-state index contributed by atoms with van der Waals surface area (Å²) in [5.74, 6) is -3.05. The van der Waals surface area contributed by atoms with E-state index in [4.69, 9.17) is 4.74 Å². The van der Waals surface area contributed by atoms with Crippen LogP contribution in [0.1, 0.15) is 36.8 Å². The number of aromatic hydroxyl groups is 1. The Kier molecular flexibility index (Phi) is 5.67. The second-order valence-corrected chi connectivity index (χ2v) is 10.4. The standard InChI is InChI=1S/C31H27NO6/c1-16-13-23(34)26-21(29(16)35)14-20-18(27(26)28-22(33)9-6-10-24(28)38-2)11-12-19-25(20)31(37)32(30(19)36)15-17-7-4-3-5-8-17/h3-11,13,19-20,25,27,33H,12,14-15H2,1-2H3. The molecule has 38 heavy (non-hydrogen) atoms. The van der Waals surface area contributed by atoms with E-state index < -0.39 is 23.7 Å². The molecule has 1 fully saturated rings. The molecule has 7 nitrogen and oxygen atoms in total. The molecule has 3 aliphatic carbocycles. The van der Waals surface area contributed by atoms with Crippen molar-refractivity contribution in [2.45, 2.75) is 32.2 Å². The predicted molar refractivity (Wildman–Crippen MR) is 138 cm³/mol. The second kappa shape index (κ2) is 8.94. The Bertz CT molecular complexity index is 1500. The minimum Gasteiger partial charge on any atom is -0.507 e. The van der Waals surface area contributed by atoms with Crippen LogP contribution in [0.3, 0.4) is 0 Å². The highest BCUT2D eigenvalue weighted by molar-refractivity contribution is 6.23. The first-order valence-corrected chi connectivity index (χ1v) is 12.8. The van der Waals surface area contributed by atoms with E-state index in [0.717, 1.165) is 11.1 Å². The van der Waals surface area contributed by atoms with Gasteiger partial charge >= 0.3 is 0 Å². The fourth-order valence-corrected chi connectivity index (χ4v) is 6.70. The van der Waals surface area contributed by atoms with Crippen LogP contribution in [0.25, 0.3) is 0 Å². The predicted octanol–water partition coefficient (Wildman–Crippen LogP) is 4.03. The molecule has 1 N–H and O–H groups in total. The van der Waals surface area contributed by atoms with Crippen molar-refractivity contribution in [2.75, 3.05) is 7.11 Å². The maximum atomic E-state index is 13.8. The van der Waals surface area contributed by atoms with Gasteiger partial charge in [-0.2, -0.15) is 0 Å². The van der Waals surface area contributed by atoms with Crippen molar-refractivity contribution in [2.24, 2.45) is 17.8 Å². The van der Waals surface area contributed by atoms with Crippen LogP contribution in [0.15, 0.2) is 83.0 Å². The number of nitrogens with zero attached hydrogens (tertiary/aromatic N) is 1. The lowest BCUT2D eigenvalue weighted by Gasteiger charge is -2.42. The van der Waals surface area contributed by atoms with Crippen LogP contribution in [0.5, 0.6) is 11.5 Å². The smallest absolute Gasteiger partial charge is 0.234 e. The summed E-state index contributed by atoms with van der Waals surface area (Å²) in [7, 11) is 1.48. The van der Waals surface area contributed by atoms with E-state index in [1.165, 1.54) is 24.2 Å². The Morgan fingerprint density at radius 3 is 2.47 bits per heavy atom. The van der Waals surface area contributed by atoms with Gasteiger partial charge in [-0.05, 0) is 49.5 Å². The Labute approximate surface area is 220 Å². The van der Waals surface area contributed by atoms with E-state index in [2.05, 4.69) is 0 Å². The van der Waals surface area contributed by atoms with Crippen molar-refractivity contribution in [1.29, 1.82) is 0 Å². The maximum Gasteiger partial charge on any atom is 0.234 e. The number of fused-ring (bicyclic) bond motifs is 3. The van der Waals surface area contributed by atoms with Gasteiger partial charge in [0, 0.05) is 28.2 Å². The van der Waals surface area contributed by atoms with E-state index in [0.29, 0.717) is 34.5 Å². The highest BCUT2D eigenvalue weighted by Gasteiger charge is 2.56. The highest BCUT2D eigenvalue weighted by Crippen LogP contribution is 2.57. The van der Waals surface area contributed by atoms with Gasteiger partial charge in [-0.3, -0.25) is 24.1 Å². The summed E-state index contributed by atoms with van der Waals surface area (Å²) >= 11 is 0. The zero-order chi connectivity index (χ0) is 26.7. The number of ether oxygens (including phenoxy) is 1. The normalized spacial score (nSPS) is 26.5. The van der Waals surface area contributed by atoms with Gasteiger partial charge in [-0.15, -0.1) is 0 Å². The lowest BCUT2D eigenvalue weighted by molar-refractivity contribution is -0.140. The van der Waals surface area contributed by atoms with Crippen molar-refractivity contribution >= 4 is 23.4 Å². The molecule has 7 heteroatoms. The summed E-state index contributed by atoms with van der Waals surface area (Å²) in [4.78, 5) is 55.4. The van der Waals surface area contributed by atoms with Gasteiger partial charge in [-0.25, -0.2) is 0 Å². The molecule has 4 aliphatic rings. The van der Waals surface area contributed by atoms with Gasteiger partial charge < -0.3 is 9.84 Å². The lowest BCUT2D eigenvalue weighted by Crippen LogP contribution is -2.39. The average Bonchev–Trinajstić information content (AvgIpc) is 3.16. The molecule has 0 aromatic heterocycles. The molecular formula is C31H27NO6. The van der Waals surface area contributed by atoms with Crippen LogP contribution in [-0.2, 0) is 25.7 Å². The fourth-order valence-electron chi connectivity index (χ4n) is 6.70. The van der Waals surface area contributed by atoms with E-state index in [1.54, 1.807) is 19.1 Å². The number of Topliss-reactive ketones (excluding diaryl/α,β-unsaturated/α-hetero) is 1. The molecule has 4 atom stereocenters. The number of phenolic OH excluding ortho intramolecular Hbond substituents is 1. The molecule has 1 aliphatic heterocycles. The molecule has 0 bridgehead atoms. The lowest BCUT2D eigenvalue weighted by atomic mass is 9.59. The number of imide groups is 1. The summed E-state index contributed by atoms with van der Waals surface area (Å²) in [6.45, 7) is 1.80. The Balaban J connectivity index is 1.48. The third kappa shape index (κ3) is 3.49. The number of carbonyl (C=O) groups is 4. The number of methoxy groups -OCH3 is 1. The average molecular weight is 510 g/mol. The van der Waals surface area contributed by atoms with E-state index >= 15 is 0 Å². The number of likely N-dealkylation sites (tertiary alicyclic amines) is 1. The topological polar surface area (TPSA) is 101 Å². The van der Waals surface area contributed by atoms with Gasteiger partial charge in [0.05, 0.1) is 25.5 Å². The zero-order valence-electron chi connectivity index (χ0n) is 21.1. The number of amides is 2. The van der Waals surface area contributed by atoms with Crippen LogP contribution < -0.4 is 4.74 Å². The zero-order valence-corrected chi connectivity index (χ0v) is 21.1. The first-order chi connectivity index (χ1) is 18.3. The summed E-state index contributed by atoms with van der Waals surface area (Å²) in [6, 6.07) is 14.3. The van der Waals surface area contributed by atoms with Crippen molar-refractivity contribution in [3.8, 4) is 11.5 Å². The SMILES string of the molecule is COc1cccc(O)c1C1C2=CCC3C(=O)N(Cc4ccccc4)C(=O)C3C2CC2=C1C(=O)C=C(C)C2=O. The monoisotopic (exact) mass is 509 g/mol. The summed E-state index contributed by atoms with van der Waals surface area (Å²) < 4.78 is 5.58. The molecule has 1 heterocycles. The molecule has 192 valence electrons.